The standard InChI is InChI=1S/C22H44O2/c1-6-7-8-9-10-11-12-13-14-15-16-17-18-22(19(2)3,20(4)5)21(23)24/h19-20H,6-18H2,1-5H3,(H,23,24). The zero-order chi connectivity index (χ0) is 18.4. The van der Waals surface area contributed by atoms with E-state index in [9.17, 15) is 9.90 Å². The second-order valence-electron chi connectivity index (χ2n) is 8.29. The van der Waals surface area contributed by atoms with Gasteiger partial charge in [-0.25, -0.2) is 0 Å². The minimum Gasteiger partial charge on any atom is -0.481 e. The summed E-state index contributed by atoms with van der Waals surface area (Å²) in [5, 5.41) is 9.74. The number of carboxylic acids is 1. The minimum absolute atomic E-state index is 0.197. The van der Waals surface area contributed by atoms with Gasteiger partial charge in [-0.1, -0.05) is 112 Å². The van der Waals surface area contributed by atoms with Gasteiger partial charge in [-0.2, -0.15) is 0 Å². The van der Waals surface area contributed by atoms with E-state index in [2.05, 4.69) is 34.6 Å². The predicted molar refractivity (Wildman–Crippen MR) is 105 cm³/mol. The molecule has 0 atom stereocenters. The van der Waals surface area contributed by atoms with Crippen LogP contribution in [0.15, 0.2) is 0 Å². The Kier molecular flexibility index (Phi) is 13.4. The van der Waals surface area contributed by atoms with Gasteiger partial charge in [0.1, 0.15) is 0 Å². The second kappa shape index (κ2) is 13.7. The van der Waals surface area contributed by atoms with Gasteiger partial charge in [-0.15, -0.1) is 0 Å². The first-order valence-corrected chi connectivity index (χ1v) is 10.6. The highest BCUT2D eigenvalue weighted by molar-refractivity contribution is 5.75. The molecular weight excluding hydrogens is 296 g/mol. The van der Waals surface area contributed by atoms with E-state index in [-0.39, 0.29) is 11.8 Å². The molecule has 1 N–H and O–H groups in total. The molecule has 0 aromatic heterocycles. The Morgan fingerprint density at radius 1 is 0.708 bits per heavy atom. The highest BCUT2D eigenvalue weighted by Gasteiger charge is 2.43. The minimum atomic E-state index is -0.601. The van der Waals surface area contributed by atoms with Crippen LogP contribution in [0.2, 0.25) is 0 Å². The molecule has 0 amide bonds. The first kappa shape index (κ1) is 23.5. The summed E-state index contributed by atoms with van der Waals surface area (Å²) in [5.41, 5.74) is -0.543. The van der Waals surface area contributed by atoms with Gasteiger partial charge in [0.05, 0.1) is 5.41 Å². The molecule has 0 aliphatic carbocycles. The number of aliphatic carboxylic acids is 1. The number of rotatable bonds is 16. The van der Waals surface area contributed by atoms with Crippen LogP contribution < -0.4 is 0 Å². The molecule has 0 saturated heterocycles. The van der Waals surface area contributed by atoms with E-state index in [1.807, 2.05) is 0 Å². The normalized spacial score (nSPS) is 12.3. The molecule has 2 nitrogen and oxygen atoms in total. The molecule has 0 aliphatic rings. The van der Waals surface area contributed by atoms with E-state index in [1.165, 1.54) is 70.6 Å². The highest BCUT2D eigenvalue weighted by atomic mass is 16.4. The van der Waals surface area contributed by atoms with E-state index < -0.39 is 11.4 Å². The number of unbranched alkanes of at least 4 members (excludes halogenated alkanes) is 11. The fourth-order valence-corrected chi connectivity index (χ4v) is 4.10. The molecule has 0 aromatic carbocycles. The van der Waals surface area contributed by atoms with E-state index >= 15 is 0 Å². The largest absolute Gasteiger partial charge is 0.481 e. The van der Waals surface area contributed by atoms with Crippen molar-refractivity contribution < 1.29 is 9.90 Å². The lowest BCUT2D eigenvalue weighted by Crippen LogP contribution is -2.41. The van der Waals surface area contributed by atoms with Crippen molar-refractivity contribution in [2.45, 2.75) is 118 Å². The lowest BCUT2D eigenvalue weighted by molar-refractivity contribution is -0.156. The summed E-state index contributed by atoms with van der Waals surface area (Å²) in [5.74, 6) is -0.207. The van der Waals surface area contributed by atoms with Gasteiger partial charge in [0.25, 0.3) is 0 Å². The van der Waals surface area contributed by atoms with Crippen molar-refractivity contribution in [3.63, 3.8) is 0 Å². The second-order valence-corrected chi connectivity index (χ2v) is 8.29. The SMILES string of the molecule is CCCCCCCCCCCCCCC(C(=O)O)(C(C)C)C(C)C. The van der Waals surface area contributed by atoms with Crippen molar-refractivity contribution in [2.75, 3.05) is 0 Å². The molecule has 0 saturated carbocycles. The summed E-state index contributed by atoms with van der Waals surface area (Å²) in [6.45, 7) is 10.5. The van der Waals surface area contributed by atoms with Gasteiger partial charge >= 0.3 is 5.97 Å². The van der Waals surface area contributed by atoms with E-state index in [0.717, 1.165) is 12.8 Å². The summed E-state index contributed by atoms with van der Waals surface area (Å²) in [6.07, 6.45) is 16.7. The summed E-state index contributed by atoms with van der Waals surface area (Å²) in [4.78, 5) is 11.8. The first-order valence-electron chi connectivity index (χ1n) is 10.6. The molecule has 144 valence electrons. The third-order valence-corrected chi connectivity index (χ3v) is 5.90. The highest BCUT2D eigenvalue weighted by Crippen LogP contribution is 2.41. The van der Waals surface area contributed by atoms with Crippen LogP contribution in [-0.4, -0.2) is 11.1 Å². The van der Waals surface area contributed by atoms with Gasteiger partial charge in [-0.3, -0.25) is 4.79 Å². The number of hydrogen-bond acceptors (Lipinski definition) is 1. The third kappa shape index (κ3) is 8.53. The van der Waals surface area contributed by atoms with Crippen LogP contribution in [0.3, 0.4) is 0 Å². The maximum Gasteiger partial charge on any atom is 0.310 e. The van der Waals surface area contributed by atoms with Crippen molar-refractivity contribution in [1.82, 2.24) is 0 Å². The summed E-state index contributed by atoms with van der Waals surface area (Å²) in [7, 11) is 0. The van der Waals surface area contributed by atoms with Gasteiger partial charge in [0, 0.05) is 0 Å². The van der Waals surface area contributed by atoms with Crippen LogP contribution in [-0.2, 0) is 4.79 Å². The van der Waals surface area contributed by atoms with Crippen molar-refractivity contribution in [3.8, 4) is 0 Å². The van der Waals surface area contributed by atoms with Crippen LogP contribution >= 0.6 is 0 Å². The topological polar surface area (TPSA) is 37.3 Å². The Labute approximate surface area is 151 Å². The van der Waals surface area contributed by atoms with E-state index in [1.54, 1.807) is 0 Å². The average molecular weight is 341 g/mol. The summed E-state index contributed by atoms with van der Waals surface area (Å²) >= 11 is 0. The van der Waals surface area contributed by atoms with Gasteiger partial charge in [0.2, 0.25) is 0 Å². The van der Waals surface area contributed by atoms with Crippen LogP contribution in [0.1, 0.15) is 118 Å². The lowest BCUT2D eigenvalue weighted by atomic mass is 9.66. The Bertz CT molecular complexity index is 299. The smallest absolute Gasteiger partial charge is 0.310 e. The van der Waals surface area contributed by atoms with Gasteiger partial charge < -0.3 is 5.11 Å². The number of carbonyl (C=O) groups is 1. The monoisotopic (exact) mass is 340 g/mol. The van der Waals surface area contributed by atoms with E-state index in [0.29, 0.717) is 0 Å². The molecule has 2 heteroatoms. The molecular formula is C22H44O2. The maximum atomic E-state index is 11.8. The van der Waals surface area contributed by atoms with Crippen LogP contribution in [0.5, 0.6) is 0 Å². The molecule has 0 aromatic rings. The molecule has 24 heavy (non-hydrogen) atoms. The Morgan fingerprint density at radius 2 is 1.04 bits per heavy atom. The zero-order valence-electron chi connectivity index (χ0n) is 17.2. The Hall–Kier alpha value is -0.530. The first-order chi connectivity index (χ1) is 11.4. The van der Waals surface area contributed by atoms with Crippen molar-refractivity contribution >= 4 is 5.97 Å². The predicted octanol–water partition coefficient (Wildman–Crippen LogP) is 7.46. The lowest BCUT2D eigenvalue weighted by Gasteiger charge is -2.37. The molecule has 0 spiro atoms. The molecule has 0 radical (unpaired) electrons. The average Bonchev–Trinajstić information content (AvgIpc) is 2.51. The van der Waals surface area contributed by atoms with Crippen LogP contribution in [0, 0.1) is 17.3 Å². The Balaban J connectivity index is 3.75. The van der Waals surface area contributed by atoms with Crippen molar-refractivity contribution in [2.24, 2.45) is 17.3 Å². The quantitative estimate of drug-likeness (QED) is 0.296. The van der Waals surface area contributed by atoms with Crippen molar-refractivity contribution in [1.29, 1.82) is 0 Å². The Morgan fingerprint density at radius 3 is 1.33 bits per heavy atom. The van der Waals surface area contributed by atoms with E-state index in [4.69, 9.17) is 0 Å². The molecule has 0 unspecified atom stereocenters. The molecule has 0 aliphatic heterocycles. The molecule has 0 bridgehead atoms. The maximum absolute atomic E-state index is 11.8. The molecule has 0 heterocycles. The fraction of sp³-hybridized carbons (Fsp3) is 0.955. The number of hydrogen-bond donors (Lipinski definition) is 1. The van der Waals surface area contributed by atoms with Gasteiger partial charge in [0.15, 0.2) is 0 Å². The molecule has 0 rings (SSSR count). The summed E-state index contributed by atoms with van der Waals surface area (Å²) < 4.78 is 0. The third-order valence-electron chi connectivity index (χ3n) is 5.90. The summed E-state index contributed by atoms with van der Waals surface area (Å²) in [6, 6.07) is 0. The number of carboxylic acid groups (broad SMARTS) is 1. The van der Waals surface area contributed by atoms with Crippen LogP contribution in [0.4, 0.5) is 0 Å². The van der Waals surface area contributed by atoms with Gasteiger partial charge in [-0.05, 0) is 18.3 Å². The van der Waals surface area contributed by atoms with Crippen molar-refractivity contribution in [3.05, 3.63) is 0 Å². The zero-order valence-corrected chi connectivity index (χ0v) is 17.2. The van der Waals surface area contributed by atoms with Crippen LogP contribution in [0.25, 0.3) is 0 Å². The fourth-order valence-electron chi connectivity index (χ4n) is 4.10. The molecule has 0 fully saturated rings.